The number of ether oxygens (including phenoxy) is 3. The molecule has 1 aliphatic rings. The van der Waals surface area contributed by atoms with Gasteiger partial charge in [-0.1, -0.05) is 36.4 Å². The van der Waals surface area contributed by atoms with Crippen LogP contribution in [-0.2, 0) is 14.2 Å². The molecule has 1 unspecified atom stereocenters. The third-order valence-corrected chi connectivity index (χ3v) is 3.82. The summed E-state index contributed by atoms with van der Waals surface area (Å²) in [6, 6.07) is 17.1. The zero-order chi connectivity index (χ0) is 17.6. The number of aliphatic hydroxyl groups is 1. The van der Waals surface area contributed by atoms with Gasteiger partial charge in [-0.15, -0.1) is 0 Å². The SMILES string of the molecule is O=C(OC[C@@H]1C[C@@H](OC(=O)c2ccccc2)C(O)O1)c1ccccc1. The van der Waals surface area contributed by atoms with Crippen molar-refractivity contribution in [2.45, 2.75) is 24.9 Å². The smallest absolute Gasteiger partial charge is 0.338 e. The summed E-state index contributed by atoms with van der Waals surface area (Å²) in [5.74, 6) is -1.00. The highest BCUT2D eigenvalue weighted by Crippen LogP contribution is 2.23. The molecule has 1 saturated heterocycles. The van der Waals surface area contributed by atoms with Gasteiger partial charge in [0, 0.05) is 6.42 Å². The molecular weight excluding hydrogens is 324 g/mol. The highest BCUT2D eigenvalue weighted by Gasteiger charge is 2.37. The van der Waals surface area contributed by atoms with Crippen LogP contribution in [-0.4, -0.2) is 42.1 Å². The second-order valence-electron chi connectivity index (χ2n) is 5.66. The first-order valence-electron chi connectivity index (χ1n) is 7.95. The highest BCUT2D eigenvalue weighted by atomic mass is 16.7. The van der Waals surface area contributed by atoms with Crippen molar-refractivity contribution >= 4 is 11.9 Å². The number of hydrogen-bond donors (Lipinski definition) is 1. The van der Waals surface area contributed by atoms with Crippen molar-refractivity contribution in [3.63, 3.8) is 0 Å². The summed E-state index contributed by atoms with van der Waals surface area (Å²) in [6.07, 6.45) is -2.32. The van der Waals surface area contributed by atoms with E-state index in [4.69, 9.17) is 14.2 Å². The molecular formula is C19H18O6. The van der Waals surface area contributed by atoms with Gasteiger partial charge in [0.25, 0.3) is 0 Å². The zero-order valence-corrected chi connectivity index (χ0v) is 13.4. The monoisotopic (exact) mass is 342 g/mol. The van der Waals surface area contributed by atoms with E-state index in [0.29, 0.717) is 11.1 Å². The second kappa shape index (κ2) is 7.92. The van der Waals surface area contributed by atoms with Crippen LogP contribution in [0.5, 0.6) is 0 Å². The molecule has 0 aromatic heterocycles. The van der Waals surface area contributed by atoms with E-state index in [1.165, 1.54) is 0 Å². The molecule has 1 N–H and O–H groups in total. The van der Waals surface area contributed by atoms with Gasteiger partial charge in [-0.3, -0.25) is 0 Å². The number of hydrogen-bond acceptors (Lipinski definition) is 6. The lowest BCUT2D eigenvalue weighted by molar-refractivity contribution is -0.135. The highest BCUT2D eigenvalue weighted by molar-refractivity contribution is 5.89. The molecule has 25 heavy (non-hydrogen) atoms. The molecule has 0 bridgehead atoms. The fraction of sp³-hybridized carbons (Fsp3) is 0.263. The maximum Gasteiger partial charge on any atom is 0.338 e. The lowest BCUT2D eigenvalue weighted by Gasteiger charge is -2.13. The van der Waals surface area contributed by atoms with Gasteiger partial charge in [-0.05, 0) is 24.3 Å². The first kappa shape index (κ1) is 17.1. The largest absolute Gasteiger partial charge is 0.459 e. The Morgan fingerprint density at radius 3 is 2.12 bits per heavy atom. The first-order valence-corrected chi connectivity index (χ1v) is 7.95. The van der Waals surface area contributed by atoms with Crippen LogP contribution >= 0.6 is 0 Å². The summed E-state index contributed by atoms with van der Waals surface area (Å²) < 4.78 is 15.8. The summed E-state index contributed by atoms with van der Waals surface area (Å²) in [5, 5.41) is 9.90. The molecule has 1 aliphatic heterocycles. The summed E-state index contributed by atoms with van der Waals surface area (Å²) in [6.45, 7) is -0.0236. The van der Waals surface area contributed by atoms with Crippen molar-refractivity contribution < 1.29 is 28.9 Å². The van der Waals surface area contributed by atoms with Crippen molar-refractivity contribution in [3.05, 3.63) is 71.8 Å². The van der Waals surface area contributed by atoms with Gasteiger partial charge in [0.1, 0.15) is 6.61 Å². The maximum atomic E-state index is 12.0. The average molecular weight is 342 g/mol. The van der Waals surface area contributed by atoms with E-state index >= 15 is 0 Å². The van der Waals surface area contributed by atoms with E-state index in [9.17, 15) is 14.7 Å². The number of carbonyl (C=O) groups is 2. The Bertz CT molecular complexity index is 715. The van der Waals surface area contributed by atoms with E-state index < -0.39 is 30.4 Å². The maximum absolute atomic E-state index is 12.0. The molecule has 0 radical (unpaired) electrons. The minimum absolute atomic E-state index is 0.0236. The van der Waals surface area contributed by atoms with Crippen LogP contribution < -0.4 is 0 Å². The molecule has 3 atom stereocenters. The Morgan fingerprint density at radius 2 is 1.52 bits per heavy atom. The fourth-order valence-electron chi connectivity index (χ4n) is 2.54. The first-order chi connectivity index (χ1) is 12.1. The Morgan fingerprint density at radius 1 is 0.960 bits per heavy atom. The van der Waals surface area contributed by atoms with Crippen molar-refractivity contribution in [1.29, 1.82) is 0 Å². The molecule has 3 rings (SSSR count). The normalized spacial score (nSPS) is 22.4. The number of esters is 2. The summed E-state index contributed by atoms with van der Waals surface area (Å²) in [7, 11) is 0. The van der Waals surface area contributed by atoms with Crippen LogP contribution in [0, 0.1) is 0 Å². The van der Waals surface area contributed by atoms with Crippen molar-refractivity contribution in [2.24, 2.45) is 0 Å². The Balaban J connectivity index is 1.50. The van der Waals surface area contributed by atoms with Crippen LogP contribution in [0.15, 0.2) is 60.7 Å². The van der Waals surface area contributed by atoms with Gasteiger partial charge < -0.3 is 19.3 Å². The summed E-state index contributed by atoms with van der Waals surface area (Å²) in [4.78, 5) is 23.9. The molecule has 0 amide bonds. The Kier molecular flexibility index (Phi) is 5.42. The van der Waals surface area contributed by atoms with E-state index in [-0.39, 0.29) is 13.0 Å². The Hall–Kier alpha value is -2.70. The van der Waals surface area contributed by atoms with Crippen LogP contribution in [0.25, 0.3) is 0 Å². The van der Waals surface area contributed by atoms with Gasteiger partial charge >= 0.3 is 11.9 Å². The Labute approximate surface area is 144 Å². The summed E-state index contributed by atoms with van der Waals surface area (Å²) >= 11 is 0. The van der Waals surface area contributed by atoms with Crippen LogP contribution in [0.2, 0.25) is 0 Å². The third kappa shape index (κ3) is 4.43. The molecule has 2 aromatic rings. The van der Waals surface area contributed by atoms with Crippen LogP contribution in [0.4, 0.5) is 0 Å². The average Bonchev–Trinajstić information content (AvgIpc) is 3.00. The molecule has 130 valence electrons. The van der Waals surface area contributed by atoms with Crippen molar-refractivity contribution in [2.75, 3.05) is 6.61 Å². The third-order valence-electron chi connectivity index (χ3n) is 3.82. The van der Waals surface area contributed by atoms with E-state index in [1.54, 1.807) is 60.7 Å². The molecule has 6 nitrogen and oxygen atoms in total. The lowest BCUT2D eigenvalue weighted by Crippen LogP contribution is -2.26. The summed E-state index contributed by atoms with van der Waals surface area (Å²) in [5.41, 5.74) is 0.835. The van der Waals surface area contributed by atoms with E-state index in [0.717, 1.165) is 0 Å². The molecule has 0 spiro atoms. The standard InChI is InChI=1S/C19H18O6/c20-17(13-7-3-1-4-8-13)23-12-15-11-16(19(22)24-15)25-18(21)14-9-5-2-6-10-14/h1-10,15-16,19,22H,11-12H2/t15-,16+,19?/m0/s1. The predicted molar refractivity (Wildman–Crippen MR) is 87.9 cm³/mol. The van der Waals surface area contributed by atoms with Crippen molar-refractivity contribution in [3.8, 4) is 0 Å². The quantitative estimate of drug-likeness (QED) is 0.839. The number of carbonyl (C=O) groups excluding carboxylic acids is 2. The zero-order valence-electron chi connectivity index (χ0n) is 13.4. The van der Waals surface area contributed by atoms with E-state index in [1.807, 2.05) is 0 Å². The minimum atomic E-state index is -1.24. The molecule has 0 aliphatic carbocycles. The van der Waals surface area contributed by atoms with Gasteiger partial charge in [-0.25, -0.2) is 9.59 Å². The van der Waals surface area contributed by atoms with Crippen LogP contribution in [0.3, 0.4) is 0 Å². The number of rotatable bonds is 5. The second-order valence-corrected chi connectivity index (χ2v) is 5.66. The molecule has 6 heteroatoms. The number of benzene rings is 2. The van der Waals surface area contributed by atoms with Crippen molar-refractivity contribution in [1.82, 2.24) is 0 Å². The fourth-order valence-corrected chi connectivity index (χ4v) is 2.54. The van der Waals surface area contributed by atoms with Gasteiger partial charge in [0.15, 0.2) is 12.4 Å². The van der Waals surface area contributed by atoms with Gasteiger partial charge in [0.2, 0.25) is 0 Å². The molecule has 1 fully saturated rings. The van der Waals surface area contributed by atoms with Crippen LogP contribution in [0.1, 0.15) is 27.1 Å². The van der Waals surface area contributed by atoms with Gasteiger partial charge in [-0.2, -0.15) is 0 Å². The molecule has 1 heterocycles. The molecule has 0 saturated carbocycles. The van der Waals surface area contributed by atoms with Gasteiger partial charge in [0.05, 0.1) is 17.2 Å². The molecule has 2 aromatic carbocycles. The predicted octanol–water partition coefficient (Wildman–Crippen LogP) is 2.18. The van der Waals surface area contributed by atoms with E-state index in [2.05, 4.69) is 0 Å². The topological polar surface area (TPSA) is 82.1 Å². The minimum Gasteiger partial charge on any atom is -0.459 e. The number of aliphatic hydroxyl groups excluding tert-OH is 1. The lowest BCUT2D eigenvalue weighted by atomic mass is 10.2.